The van der Waals surface area contributed by atoms with Gasteiger partial charge in [-0.1, -0.05) is 23.7 Å². The molecule has 7 heteroatoms. The Morgan fingerprint density at radius 2 is 1.92 bits per heavy atom. The van der Waals surface area contributed by atoms with Crippen molar-refractivity contribution in [3.63, 3.8) is 0 Å². The lowest BCUT2D eigenvalue weighted by Crippen LogP contribution is -2.22. The Morgan fingerprint density at radius 1 is 1.19 bits per heavy atom. The molecular formula is C19H22ClN5O. The number of rotatable bonds is 6. The van der Waals surface area contributed by atoms with Crippen molar-refractivity contribution in [3.05, 3.63) is 69.8 Å². The van der Waals surface area contributed by atoms with Gasteiger partial charge >= 0.3 is 0 Å². The molecule has 0 bridgehead atoms. The Morgan fingerprint density at radius 3 is 2.50 bits per heavy atom. The highest BCUT2D eigenvalue weighted by molar-refractivity contribution is 6.31. The Hall–Kier alpha value is -2.60. The van der Waals surface area contributed by atoms with Crippen molar-refractivity contribution in [1.82, 2.24) is 24.9 Å². The number of carbonyl (C=O) groups excluding carboxylic acids is 1. The first-order valence-corrected chi connectivity index (χ1v) is 8.93. The molecule has 0 aliphatic carbocycles. The first kappa shape index (κ1) is 18.2. The summed E-state index contributed by atoms with van der Waals surface area (Å²) in [6.07, 6.45) is 3.70. The summed E-state index contributed by atoms with van der Waals surface area (Å²) in [4.78, 5) is 12.3. The molecule has 0 aliphatic heterocycles. The first-order valence-electron chi connectivity index (χ1n) is 8.56. The molecule has 0 aliphatic rings. The van der Waals surface area contributed by atoms with Crippen molar-refractivity contribution in [2.24, 2.45) is 0 Å². The van der Waals surface area contributed by atoms with Gasteiger partial charge in [0.05, 0.1) is 29.2 Å². The largest absolute Gasteiger partial charge is 0.348 e. The molecule has 6 nitrogen and oxygen atoms in total. The molecule has 136 valence electrons. The van der Waals surface area contributed by atoms with Gasteiger partial charge in [0.2, 0.25) is 0 Å². The highest BCUT2D eigenvalue weighted by Gasteiger charge is 2.10. The van der Waals surface area contributed by atoms with Crippen LogP contribution in [0, 0.1) is 13.8 Å². The summed E-state index contributed by atoms with van der Waals surface area (Å²) in [5, 5.41) is 12.2. The monoisotopic (exact) mass is 371 g/mol. The van der Waals surface area contributed by atoms with Gasteiger partial charge in [0.15, 0.2) is 0 Å². The van der Waals surface area contributed by atoms with Gasteiger partial charge in [-0.15, -0.1) is 0 Å². The average Bonchev–Trinajstić information content (AvgIpc) is 3.21. The minimum Gasteiger partial charge on any atom is -0.348 e. The van der Waals surface area contributed by atoms with Crippen molar-refractivity contribution in [2.45, 2.75) is 40.4 Å². The van der Waals surface area contributed by atoms with E-state index in [1.165, 1.54) is 0 Å². The number of hydrogen-bond donors (Lipinski definition) is 1. The molecule has 3 rings (SSSR count). The first-order chi connectivity index (χ1) is 12.5. The molecule has 0 unspecified atom stereocenters. The van der Waals surface area contributed by atoms with E-state index >= 15 is 0 Å². The predicted molar refractivity (Wildman–Crippen MR) is 101 cm³/mol. The fourth-order valence-corrected chi connectivity index (χ4v) is 2.85. The summed E-state index contributed by atoms with van der Waals surface area (Å²) >= 11 is 6.19. The van der Waals surface area contributed by atoms with Crippen LogP contribution in [0.2, 0.25) is 5.02 Å². The Labute approximate surface area is 157 Å². The lowest BCUT2D eigenvalue weighted by Gasteiger charge is -2.07. The van der Waals surface area contributed by atoms with E-state index < -0.39 is 0 Å². The minimum atomic E-state index is -0.102. The van der Waals surface area contributed by atoms with Crippen molar-refractivity contribution < 1.29 is 4.79 Å². The minimum absolute atomic E-state index is 0.102. The van der Waals surface area contributed by atoms with E-state index in [4.69, 9.17) is 11.6 Å². The van der Waals surface area contributed by atoms with Crippen LogP contribution in [-0.4, -0.2) is 25.5 Å². The zero-order valence-electron chi connectivity index (χ0n) is 15.2. The Bertz CT molecular complexity index is 911. The van der Waals surface area contributed by atoms with Gasteiger partial charge in [-0.2, -0.15) is 10.2 Å². The van der Waals surface area contributed by atoms with E-state index in [9.17, 15) is 4.79 Å². The summed E-state index contributed by atoms with van der Waals surface area (Å²) in [5.41, 5.74) is 4.44. The SMILES string of the molecule is CCn1cc(CNC(=O)c2ccc(Cn3nc(C)c(Cl)c3C)cc2)cn1. The zero-order chi connectivity index (χ0) is 18.7. The van der Waals surface area contributed by atoms with E-state index in [1.807, 2.05) is 60.6 Å². The second kappa shape index (κ2) is 7.74. The Balaban J connectivity index is 1.61. The smallest absolute Gasteiger partial charge is 0.251 e. The molecule has 0 atom stereocenters. The van der Waals surface area contributed by atoms with Gasteiger partial charge in [0.1, 0.15) is 0 Å². The van der Waals surface area contributed by atoms with E-state index in [2.05, 4.69) is 15.5 Å². The molecule has 0 saturated carbocycles. The maximum absolute atomic E-state index is 12.3. The van der Waals surface area contributed by atoms with Crippen molar-refractivity contribution in [2.75, 3.05) is 0 Å². The fourth-order valence-electron chi connectivity index (χ4n) is 2.72. The van der Waals surface area contributed by atoms with Gasteiger partial charge in [-0.3, -0.25) is 14.2 Å². The molecular weight excluding hydrogens is 350 g/mol. The second-order valence-corrected chi connectivity index (χ2v) is 6.60. The fraction of sp³-hybridized carbons (Fsp3) is 0.316. The van der Waals surface area contributed by atoms with Gasteiger partial charge in [-0.05, 0) is 38.5 Å². The number of aryl methyl sites for hydroxylation is 2. The number of aromatic nitrogens is 4. The van der Waals surface area contributed by atoms with Crippen LogP contribution < -0.4 is 5.32 Å². The average molecular weight is 372 g/mol. The van der Waals surface area contributed by atoms with E-state index in [0.717, 1.165) is 29.1 Å². The summed E-state index contributed by atoms with van der Waals surface area (Å²) in [6.45, 7) is 7.77. The summed E-state index contributed by atoms with van der Waals surface area (Å²) in [5.74, 6) is -0.102. The third kappa shape index (κ3) is 3.96. The summed E-state index contributed by atoms with van der Waals surface area (Å²) < 4.78 is 3.71. The molecule has 0 saturated heterocycles. The van der Waals surface area contributed by atoms with Crippen LogP contribution in [0.1, 0.15) is 39.8 Å². The number of hydrogen-bond acceptors (Lipinski definition) is 3. The number of carbonyl (C=O) groups is 1. The maximum atomic E-state index is 12.3. The highest BCUT2D eigenvalue weighted by Crippen LogP contribution is 2.20. The van der Waals surface area contributed by atoms with Crippen LogP contribution in [-0.2, 0) is 19.6 Å². The molecule has 26 heavy (non-hydrogen) atoms. The number of benzene rings is 1. The summed E-state index contributed by atoms with van der Waals surface area (Å²) in [6, 6.07) is 7.53. The number of nitrogens with zero attached hydrogens (tertiary/aromatic N) is 4. The van der Waals surface area contributed by atoms with Crippen molar-refractivity contribution in [1.29, 1.82) is 0 Å². The molecule has 1 N–H and O–H groups in total. The van der Waals surface area contributed by atoms with Gasteiger partial charge < -0.3 is 5.32 Å². The highest BCUT2D eigenvalue weighted by atomic mass is 35.5. The third-order valence-corrected chi connectivity index (χ3v) is 4.85. The summed E-state index contributed by atoms with van der Waals surface area (Å²) in [7, 11) is 0. The molecule has 0 radical (unpaired) electrons. The van der Waals surface area contributed by atoms with E-state index in [-0.39, 0.29) is 5.91 Å². The quantitative estimate of drug-likeness (QED) is 0.722. The molecule has 1 aromatic carbocycles. The van der Waals surface area contributed by atoms with Crippen molar-refractivity contribution >= 4 is 17.5 Å². The Kier molecular flexibility index (Phi) is 5.42. The van der Waals surface area contributed by atoms with Crippen LogP contribution in [0.4, 0.5) is 0 Å². The van der Waals surface area contributed by atoms with E-state index in [1.54, 1.807) is 6.20 Å². The molecule has 0 spiro atoms. The molecule has 3 aromatic rings. The van der Waals surface area contributed by atoms with Crippen LogP contribution in [0.25, 0.3) is 0 Å². The second-order valence-electron chi connectivity index (χ2n) is 6.23. The van der Waals surface area contributed by atoms with Gasteiger partial charge in [-0.25, -0.2) is 0 Å². The normalized spacial score (nSPS) is 10.9. The molecule has 1 amide bonds. The molecule has 0 fully saturated rings. The van der Waals surface area contributed by atoms with Crippen LogP contribution in [0.3, 0.4) is 0 Å². The molecule has 2 heterocycles. The number of nitrogens with one attached hydrogen (secondary N) is 1. The van der Waals surface area contributed by atoms with Gasteiger partial charge in [0, 0.05) is 30.4 Å². The predicted octanol–water partition coefficient (Wildman–Crippen LogP) is 3.35. The zero-order valence-corrected chi connectivity index (χ0v) is 15.9. The lowest BCUT2D eigenvalue weighted by molar-refractivity contribution is 0.0951. The van der Waals surface area contributed by atoms with Crippen molar-refractivity contribution in [3.8, 4) is 0 Å². The van der Waals surface area contributed by atoms with Crippen LogP contribution >= 0.6 is 11.6 Å². The number of halogens is 1. The maximum Gasteiger partial charge on any atom is 0.251 e. The van der Waals surface area contributed by atoms with Gasteiger partial charge in [0.25, 0.3) is 5.91 Å². The molecule has 2 aromatic heterocycles. The van der Waals surface area contributed by atoms with Crippen LogP contribution in [0.5, 0.6) is 0 Å². The van der Waals surface area contributed by atoms with E-state index in [0.29, 0.717) is 23.7 Å². The number of amides is 1. The van der Waals surface area contributed by atoms with Crippen LogP contribution in [0.15, 0.2) is 36.7 Å². The topological polar surface area (TPSA) is 64.7 Å². The lowest BCUT2D eigenvalue weighted by atomic mass is 10.1. The third-order valence-electron chi connectivity index (χ3n) is 4.31. The standard InChI is InChI=1S/C19H22ClN5O/c1-4-24-11-16(10-22-24)9-21-19(26)17-7-5-15(6-8-17)12-25-14(3)18(20)13(2)23-25/h5-8,10-11H,4,9,12H2,1-3H3,(H,21,26).